The largest absolute Gasteiger partial charge is 0.497 e. The minimum atomic E-state index is -0.567. The third kappa shape index (κ3) is 3.00. The number of ether oxygens (including phenoxy) is 2. The zero-order valence-corrected chi connectivity index (χ0v) is 13.0. The molecule has 2 rings (SSSR count). The Morgan fingerprint density at radius 3 is 2.58 bits per heavy atom. The lowest BCUT2D eigenvalue weighted by molar-refractivity contribution is -0.139. The molecule has 3 nitrogen and oxygen atoms in total. The second-order valence-corrected chi connectivity index (χ2v) is 5.82. The molecule has 0 unspecified atom stereocenters. The molecule has 0 aliphatic heterocycles. The standard InChI is InChI=1S/C15H19BrO3/c1-18-12-5-6-13(16)11(9-12)10-14(17)15(19-2)7-3-4-8-15/h5-6,9H,3-4,7-8,10H2,1-2H3. The maximum absolute atomic E-state index is 12.5. The summed E-state index contributed by atoms with van der Waals surface area (Å²) in [5.74, 6) is 0.936. The third-order valence-electron chi connectivity index (χ3n) is 3.91. The monoisotopic (exact) mass is 326 g/mol. The Labute approximate surface area is 122 Å². The molecule has 0 aromatic heterocycles. The molecule has 104 valence electrons. The van der Waals surface area contributed by atoms with E-state index in [9.17, 15) is 4.79 Å². The summed E-state index contributed by atoms with van der Waals surface area (Å²) in [6.07, 6.45) is 4.19. The van der Waals surface area contributed by atoms with Crippen LogP contribution >= 0.6 is 15.9 Å². The molecule has 0 N–H and O–H groups in total. The predicted molar refractivity (Wildman–Crippen MR) is 77.6 cm³/mol. The van der Waals surface area contributed by atoms with E-state index in [4.69, 9.17) is 9.47 Å². The second kappa shape index (κ2) is 6.06. The first kappa shape index (κ1) is 14.5. The van der Waals surface area contributed by atoms with Gasteiger partial charge in [-0.1, -0.05) is 15.9 Å². The molecule has 0 saturated heterocycles. The van der Waals surface area contributed by atoms with Gasteiger partial charge in [0.2, 0.25) is 0 Å². The SMILES string of the molecule is COc1ccc(Br)c(CC(=O)C2(OC)CCCC2)c1. The van der Waals surface area contributed by atoms with E-state index in [-0.39, 0.29) is 5.78 Å². The van der Waals surface area contributed by atoms with Gasteiger partial charge in [0.1, 0.15) is 11.4 Å². The fourth-order valence-corrected chi connectivity index (χ4v) is 3.08. The molecular weight excluding hydrogens is 308 g/mol. The van der Waals surface area contributed by atoms with Crippen molar-refractivity contribution in [2.24, 2.45) is 0 Å². The normalized spacial score (nSPS) is 17.4. The van der Waals surface area contributed by atoms with E-state index in [0.29, 0.717) is 6.42 Å². The quantitative estimate of drug-likeness (QED) is 0.830. The zero-order chi connectivity index (χ0) is 13.9. The molecule has 0 bridgehead atoms. The van der Waals surface area contributed by atoms with Gasteiger partial charge < -0.3 is 9.47 Å². The number of carbonyl (C=O) groups excluding carboxylic acids is 1. The van der Waals surface area contributed by atoms with Crippen LogP contribution in [0.2, 0.25) is 0 Å². The van der Waals surface area contributed by atoms with E-state index in [0.717, 1.165) is 41.5 Å². The van der Waals surface area contributed by atoms with Crippen LogP contribution in [0.4, 0.5) is 0 Å². The van der Waals surface area contributed by atoms with Crippen LogP contribution in [0.1, 0.15) is 31.2 Å². The summed E-state index contributed by atoms with van der Waals surface area (Å²) in [7, 11) is 3.27. The van der Waals surface area contributed by atoms with Crippen LogP contribution in [0.25, 0.3) is 0 Å². The van der Waals surface area contributed by atoms with Crippen molar-refractivity contribution in [3.05, 3.63) is 28.2 Å². The molecule has 1 aliphatic rings. The first-order valence-electron chi connectivity index (χ1n) is 6.52. The van der Waals surface area contributed by atoms with Crippen molar-refractivity contribution in [2.75, 3.05) is 14.2 Å². The first-order valence-corrected chi connectivity index (χ1v) is 7.31. The van der Waals surface area contributed by atoms with Crippen LogP contribution in [-0.2, 0) is 16.0 Å². The predicted octanol–water partition coefficient (Wildman–Crippen LogP) is 3.53. The molecule has 1 aromatic rings. The average molecular weight is 327 g/mol. The third-order valence-corrected chi connectivity index (χ3v) is 4.69. The Balaban J connectivity index is 2.18. The van der Waals surface area contributed by atoms with E-state index in [2.05, 4.69) is 15.9 Å². The average Bonchev–Trinajstić information content (AvgIpc) is 2.91. The summed E-state index contributed by atoms with van der Waals surface area (Å²) in [6, 6.07) is 5.69. The molecule has 0 atom stereocenters. The number of hydrogen-bond donors (Lipinski definition) is 0. The zero-order valence-electron chi connectivity index (χ0n) is 11.4. The van der Waals surface area contributed by atoms with Gasteiger partial charge in [-0.25, -0.2) is 0 Å². The maximum Gasteiger partial charge on any atom is 0.168 e. The van der Waals surface area contributed by atoms with Crippen molar-refractivity contribution in [2.45, 2.75) is 37.7 Å². The fraction of sp³-hybridized carbons (Fsp3) is 0.533. The minimum Gasteiger partial charge on any atom is -0.497 e. The van der Waals surface area contributed by atoms with Crippen LogP contribution in [-0.4, -0.2) is 25.6 Å². The van der Waals surface area contributed by atoms with Crippen LogP contribution in [0.5, 0.6) is 5.75 Å². The highest BCUT2D eigenvalue weighted by atomic mass is 79.9. The Morgan fingerprint density at radius 2 is 2.00 bits per heavy atom. The van der Waals surface area contributed by atoms with Crippen LogP contribution in [0.15, 0.2) is 22.7 Å². The molecule has 0 amide bonds. The highest BCUT2D eigenvalue weighted by molar-refractivity contribution is 9.10. The van der Waals surface area contributed by atoms with E-state index < -0.39 is 5.60 Å². The van der Waals surface area contributed by atoms with Gasteiger partial charge in [-0.05, 0) is 49.4 Å². The van der Waals surface area contributed by atoms with E-state index in [1.54, 1.807) is 14.2 Å². The highest BCUT2D eigenvalue weighted by Gasteiger charge is 2.40. The van der Waals surface area contributed by atoms with Crippen molar-refractivity contribution in [3.8, 4) is 5.75 Å². The number of ketones is 1. The molecule has 0 radical (unpaired) electrons. The van der Waals surface area contributed by atoms with Gasteiger partial charge in [0, 0.05) is 18.0 Å². The van der Waals surface area contributed by atoms with E-state index in [1.165, 1.54) is 0 Å². The van der Waals surface area contributed by atoms with Crippen LogP contribution in [0, 0.1) is 0 Å². The molecule has 4 heteroatoms. The number of halogens is 1. The van der Waals surface area contributed by atoms with Crippen molar-refractivity contribution in [1.29, 1.82) is 0 Å². The van der Waals surface area contributed by atoms with Gasteiger partial charge in [0.15, 0.2) is 5.78 Å². The van der Waals surface area contributed by atoms with Gasteiger partial charge in [-0.2, -0.15) is 0 Å². The molecule has 1 saturated carbocycles. The fourth-order valence-electron chi connectivity index (χ4n) is 2.69. The Kier molecular flexibility index (Phi) is 4.63. The molecule has 19 heavy (non-hydrogen) atoms. The van der Waals surface area contributed by atoms with Crippen molar-refractivity contribution in [3.63, 3.8) is 0 Å². The van der Waals surface area contributed by atoms with E-state index >= 15 is 0 Å². The molecule has 0 spiro atoms. The van der Waals surface area contributed by atoms with Crippen molar-refractivity contribution in [1.82, 2.24) is 0 Å². The lowest BCUT2D eigenvalue weighted by Gasteiger charge is -2.26. The topological polar surface area (TPSA) is 35.5 Å². The number of hydrogen-bond acceptors (Lipinski definition) is 3. The summed E-state index contributed by atoms with van der Waals surface area (Å²) in [5, 5.41) is 0. The number of carbonyl (C=O) groups is 1. The van der Waals surface area contributed by atoms with Crippen LogP contribution < -0.4 is 4.74 Å². The minimum absolute atomic E-state index is 0.168. The molecule has 1 aliphatic carbocycles. The smallest absolute Gasteiger partial charge is 0.168 e. The molecular formula is C15H19BrO3. The van der Waals surface area contributed by atoms with Crippen LogP contribution in [0.3, 0.4) is 0 Å². The number of methoxy groups -OCH3 is 2. The van der Waals surface area contributed by atoms with Gasteiger partial charge in [0.25, 0.3) is 0 Å². The second-order valence-electron chi connectivity index (χ2n) is 4.96. The lowest BCUT2D eigenvalue weighted by atomic mass is 9.91. The summed E-state index contributed by atoms with van der Waals surface area (Å²) in [5.41, 5.74) is 0.385. The number of rotatable bonds is 5. The Hall–Kier alpha value is -0.870. The summed E-state index contributed by atoms with van der Waals surface area (Å²) < 4.78 is 11.7. The van der Waals surface area contributed by atoms with Gasteiger partial charge in [-0.3, -0.25) is 4.79 Å². The van der Waals surface area contributed by atoms with Gasteiger partial charge >= 0.3 is 0 Å². The summed E-state index contributed by atoms with van der Waals surface area (Å²) >= 11 is 3.49. The van der Waals surface area contributed by atoms with E-state index in [1.807, 2.05) is 18.2 Å². The molecule has 0 heterocycles. The number of benzene rings is 1. The Bertz CT molecular complexity index is 464. The van der Waals surface area contributed by atoms with Crippen molar-refractivity contribution < 1.29 is 14.3 Å². The maximum atomic E-state index is 12.5. The molecule has 1 fully saturated rings. The van der Waals surface area contributed by atoms with Gasteiger partial charge in [-0.15, -0.1) is 0 Å². The lowest BCUT2D eigenvalue weighted by Crippen LogP contribution is -2.38. The highest BCUT2D eigenvalue weighted by Crippen LogP contribution is 2.35. The summed E-state index contributed by atoms with van der Waals surface area (Å²) in [6.45, 7) is 0. The van der Waals surface area contributed by atoms with Crippen molar-refractivity contribution >= 4 is 21.7 Å². The Morgan fingerprint density at radius 1 is 1.32 bits per heavy atom. The summed E-state index contributed by atoms with van der Waals surface area (Å²) in [4.78, 5) is 12.5. The van der Waals surface area contributed by atoms with Gasteiger partial charge in [0.05, 0.1) is 7.11 Å². The number of Topliss-reactive ketones (excluding diaryl/α,β-unsaturated/α-hetero) is 1. The molecule has 1 aromatic carbocycles. The first-order chi connectivity index (χ1) is 9.11.